The minimum atomic E-state index is -0.813. The van der Waals surface area contributed by atoms with E-state index < -0.39 is 11.8 Å². The summed E-state index contributed by atoms with van der Waals surface area (Å²) in [6.07, 6.45) is 6.42. The van der Waals surface area contributed by atoms with E-state index in [-0.39, 0.29) is 6.04 Å². The van der Waals surface area contributed by atoms with Crippen LogP contribution in [-0.2, 0) is 0 Å². The second-order valence-electron chi connectivity index (χ2n) is 8.12. The lowest BCUT2D eigenvalue weighted by Gasteiger charge is -2.40. The Morgan fingerprint density at radius 3 is 2.82 bits per heavy atom. The molecule has 0 bridgehead atoms. The van der Waals surface area contributed by atoms with E-state index in [2.05, 4.69) is 10.1 Å². The fourth-order valence-corrected chi connectivity index (χ4v) is 4.47. The van der Waals surface area contributed by atoms with E-state index >= 15 is 0 Å². The van der Waals surface area contributed by atoms with Crippen molar-refractivity contribution >= 4 is 28.5 Å². The number of hydrogen-bond acceptors (Lipinski definition) is 5. The third-order valence-corrected chi connectivity index (χ3v) is 6.01. The van der Waals surface area contributed by atoms with E-state index in [1.165, 1.54) is 0 Å². The zero-order chi connectivity index (χ0) is 19.5. The number of alkyl halides is 1. The highest BCUT2D eigenvalue weighted by Gasteiger charge is 2.40. The van der Waals surface area contributed by atoms with Gasteiger partial charge in [0, 0.05) is 30.1 Å². The quantitative estimate of drug-likeness (QED) is 0.723. The molecule has 4 heterocycles. The molecule has 1 N–H and O–H groups in total. The van der Waals surface area contributed by atoms with Gasteiger partial charge in [-0.25, -0.2) is 9.37 Å². The second kappa shape index (κ2) is 6.39. The molecule has 1 saturated carbocycles. The number of halogens is 2. The Morgan fingerprint density at radius 2 is 2.11 bits per heavy atom. The molecule has 6 nitrogen and oxygen atoms in total. The van der Waals surface area contributed by atoms with Gasteiger partial charge in [-0.3, -0.25) is 9.67 Å². The maximum Gasteiger partial charge on any atom is 0.129 e. The topological polar surface area (TPSA) is 67.1 Å². The van der Waals surface area contributed by atoms with Gasteiger partial charge in [0.2, 0.25) is 0 Å². The Kier molecular flexibility index (Phi) is 4.07. The lowest BCUT2D eigenvalue weighted by atomic mass is 9.77. The molecular weight excluding hydrogens is 381 g/mol. The summed E-state index contributed by atoms with van der Waals surface area (Å²) in [6.45, 7) is 2.86. The molecule has 0 radical (unpaired) electrons. The molecule has 1 aliphatic heterocycles. The molecule has 1 atom stereocenters. The zero-order valence-corrected chi connectivity index (χ0v) is 16.3. The number of anilines is 1. The molecule has 1 saturated heterocycles. The van der Waals surface area contributed by atoms with Crippen molar-refractivity contribution in [3.05, 3.63) is 35.7 Å². The van der Waals surface area contributed by atoms with Crippen molar-refractivity contribution in [2.45, 2.75) is 44.0 Å². The largest absolute Gasteiger partial charge is 0.390 e. The van der Waals surface area contributed by atoms with Crippen molar-refractivity contribution < 1.29 is 9.50 Å². The lowest BCUT2D eigenvalue weighted by molar-refractivity contribution is -0.0543. The summed E-state index contributed by atoms with van der Waals surface area (Å²) in [7, 11) is 0. The molecule has 1 unspecified atom stereocenters. The van der Waals surface area contributed by atoms with Crippen molar-refractivity contribution in [3.63, 3.8) is 0 Å². The third kappa shape index (κ3) is 3.02. The Labute approximate surface area is 167 Å². The Morgan fingerprint density at radius 1 is 1.29 bits per heavy atom. The molecule has 0 aromatic carbocycles. The van der Waals surface area contributed by atoms with Crippen LogP contribution < -0.4 is 4.90 Å². The first-order valence-corrected chi connectivity index (χ1v) is 9.89. The van der Waals surface area contributed by atoms with Gasteiger partial charge >= 0.3 is 0 Å². The van der Waals surface area contributed by atoms with Crippen LogP contribution in [-0.4, -0.2) is 49.7 Å². The van der Waals surface area contributed by atoms with Crippen molar-refractivity contribution in [1.29, 1.82) is 0 Å². The summed E-state index contributed by atoms with van der Waals surface area (Å²) in [4.78, 5) is 11.1. The lowest BCUT2D eigenvalue weighted by Crippen LogP contribution is -2.42. The van der Waals surface area contributed by atoms with Crippen LogP contribution in [0.3, 0.4) is 0 Å². The highest BCUT2D eigenvalue weighted by molar-refractivity contribution is 6.34. The van der Waals surface area contributed by atoms with Gasteiger partial charge in [0.1, 0.15) is 17.5 Å². The van der Waals surface area contributed by atoms with Gasteiger partial charge in [0.05, 0.1) is 34.9 Å². The van der Waals surface area contributed by atoms with Gasteiger partial charge in [-0.2, -0.15) is 5.10 Å². The van der Waals surface area contributed by atoms with Crippen molar-refractivity contribution in [3.8, 4) is 11.1 Å². The molecule has 28 heavy (non-hydrogen) atoms. The summed E-state index contributed by atoms with van der Waals surface area (Å²) in [6, 6.07) is 3.96. The van der Waals surface area contributed by atoms with E-state index in [0.29, 0.717) is 42.9 Å². The number of fused-ring (bicyclic) bond motifs is 1. The van der Waals surface area contributed by atoms with Gasteiger partial charge in [-0.05, 0) is 38.3 Å². The van der Waals surface area contributed by atoms with Crippen LogP contribution in [0, 0.1) is 0 Å². The first-order chi connectivity index (χ1) is 13.4. The van der Waals surface area contributed by atoms with Crippen LogP contribution in [0.5, 0.6) is 0 Å². The Hall–Kier alpha value is -2.25. The van der Waals surface area contributed by atoms with Crippen molar-refractivity contribution in [1.82, 2.24) is 19.7 Å². The van der Waals surface area contributed by atoms with Crippen LogP contribution in [0.25, 0.3) is 22.2 Å². The maximum absolute atomic E-state index is 13.6. The van der Waals surface area contributed by atoms with Gasteiger partial charge in [0.15, 0.2) is 0 Å². The SMILES string of the molecule is CC1(O)CC(n2cc(-c3c(Cl)cnc4ccc(N5CCC(F)C5)nc34)cn2)C1. The second-order valence-corrected chi connectivity index (χ2v) is 8.53. The van der Waals surface area contributed by atoms with E-state index in [1.54, 1.807) is 12.4 Å². The Bertz CT molecular complexity index is 1040. The fraction of sp³-hybridized carbons (Fsp3) is 0.450. The number of rotatable bonds is 3. The van der Waals surface area contributed by atoms with Gasteiger partial charge in [-0.15, -0.1) is 0 Å². The van der Waals surface area contributed by atoms with Crippen LogP contribution in [0.2, 0.25) is 5.02 Å². The number of aliphatic hydroxyl groups is 1. The average Bonchev–Trinajstić information content (AvgIpc) is 3.28. The van der Waals surface area contributed by atoms with Crippen LogP contribution in [0.1, 0.15) is 32.2 Å². The first kappa shape index (κ1) is 17.8. The third-order valence-electron chi connectivity index (χ3n) is 5.72. The van der Waals surface area contributed by atoms with Crippen LogP contribution in [0.15, 0.2) is 30.7 Å². The molecule has 0 amide bonds. The molecule has 1 aliphatic carbocycles. The minimum absolute atomic E-state index is 0.185. The molecule has 2 aliphatic rings. The van der Waals surface area contributed by atoms with Gasteiger partial charge < -0.3 is 10.0 Å². The van der Waals surface area contributed by atoms with Gasteiger partial charge in [-0.1, -0.05) is 11.6 Å². The van der Waals surface area contributed by atoms with Crippen LogP contribution in [0.4, 0.5) is 10.2 Å². The Balaban J connectivity index is 1.55. The summed E-state index contributed by atoms with van der Waals surface area (Å²) in [5.41, 5.74) is 2.45. The average molecular weight is 402 g/mol. The molecular formula is C20H21ClFN5O. The first-order valence-electron chi connectivity index (χ1n) is 9.51. The van der Waals surface area contributed by atoms with Crippen LogP contribution >= 0.6 is 11.6 Å². The zero-order valence-electron chi connectivity index (χ0n) is 15.5. The van der Waals surface area contributed by atoms with Gasteiger partial charge in [0.25, 0.3) is 0 Å². The summed E-state index contributed by atoms with van der Waals surface area (Å²) < 4.78 is 15.5. The molecule has 5 rings (SSSR count). The summed E-state index contributed by atoms with van der Waals surface area (Å²) in [5, 5.41) is 15.0. The van der Waals surface area contributed by atoms with E-state index in [9.17, 15) is 9.50 Å². The smallest absolute Gasteiger partial charge is 0.129 e. The predicted molar refractivity (Wildman–Crippen MR) is 106 cm³/mol. The fourth-order valence-electron chi connectivity index (χ4n) is 4.22. The van der Waals surface area contributed by atoms with E-state index in [1.807, 2.05) is 34.8 Å². The molecule has 3 aromatic rings. The highest BCUT2D eigenvalue weighted by Crippen LogP contribution is 2.42. The summed E-state index contributed by atoms with van der Waals surface area (Å²) in [5.74, 6) is 0.736. The monoisotopic (exact) mass is 401 g/mol. The highest BCUT2D eigenvalue weighted by atomic mass is 35.5. The number of nitrogens with zero attached hydrogens (tertiary/aromatic N) is 5. The minimum Gasteiger partial charge on any atom is -0.390 e. The number of aromatic nitrogens is 4. The number of hydrogen-bond donors (Lipinski definition) is 1. The standard InChI is InChI=1S/C20H21ClFN5O/c1-20(28)6-14(7-20)27-10-12(8-24-27)18-15(21)9-23-16-2-3-17(25-19(16)18)26-5-4-13(22)11-26/h2-3,8-10,13-14,28H,4-7,11H2,1H3. The summed E-state index contributed by atoms with van der Waals surface area (Å²) >= 11 is 6.50. The van der Waals surface area contributed by atoms with Crippen molar-refractivity contribution in [2.24, 2.45) is 0 Å². The van der Waals surface area contributed by atoms with E-state index in [4.69, 9.17) is 16.6 Å². The maximum atomic E-state index is 13.6. The molecule has 146 valence electrons. The molecule has 0 spiro atoms. The normalized spacial score (nSPS) is 27.4. The van der Waals surface area contributed by atoms with E-state index in [0.717, 1.165) is 22.5 Å². The molecule has 8 heteroatoms. The van der Waals surface area contributed by atoms with Crippen molar-refractivity contribution in [2.75, 3.05) is 18.0 Å². The molecule has 2 fully saturated rings. The molecule has 3 aromatic heterocycles. The predicted octanol–water partition coefficient (Wildman–Crippen LogP) is 3.78. The number of pyridine rings is 2.